The van der Waals surface area contributed by atoms with Gasteiger partial charge in [-0.1, -0.05) is 38.1 Å². The number of nitrogens with zero attached hydrogens (tertiary/aromatic N) is 3. The molecule has 138 valence electrons. The predicted molar refractivity (Wildman–Crippen MR) is 115 cm³/mol. The van der Waals surface area contributed by atoms with Crippen LogP contribution < -0.4 is 10.6 Å². The van der Waals surface area contributed by atoms with Crippen LogP contribution in [0.5, 0.6) is 0 Å². The van der Waals surface area contributed by atoms with Crippen molar-refractivity contribution in [3.63, 3.8) is 0 Å². The summed E-state index contributed by atoms with van der Waals surface area (Å²) in [6, 6.07) is 8.94. The van der Waals surface area contributed by atoms with Gasteiger partial charge >= 0.3 is 0 Å². The van der Waals surface area contributed by atoms with Gasteiger partial charge < -0.3 is 15.2 Å². The summed E-state index contributed by atoms with van der Waals surface area (Å²) < 4.78 is 2.07. The third-order valence-electron chi connectivity index (χ3n) is 4.04. The molecule has 0 saturated heterocycles. The molecule has 1 heterocycles. The van der Waals surface area contributed by atoms with Crippen molar-refractivity contribution in [2.24, 2.45) is 10.9 Å². The molecule has 0 bridgehead atoms. The lowest BCUT2D eigenvalue weighted by molar-refractivity contribution is 0.481. The third kappa shape index (κ3) is 7.46. The van der Waals surface area contributed by atoms with Crippen LogP contribution in [0.25, 0.3) is 0 Å². The highest BCUT2D eigenvalue weighted by atomic mass is 127. The van der Waals surface area contributed by atoms with Gasteiger partial charge in [-0.3, -0.25) is 0 Å². The highest BCUT2D eigenvalue weighted by Gasteiger charge is 2.08. The maximum Gasteiger partial charge on any atom is 0.191 e. The quantitative estimate of drug-likeness (QED) is 0.381. The Morgan fingerprint density at radius 1 is 1.24 bits per heavy atom. The summed E-state index contributed by atoms with van der Waals surface area (Å²) in [6.07, 6.45) is 5.62. The molecule has 0 spiro atoms. The lowest BCUT2D eigenvalue weighted by Gasteiger charge is -2.20. The summed E-state index contributed by atoms with van der Waals surface area (Å²) >= 11 is 0. The number of hydrogen-bond donors (Lipinski definition) is 2. The van der Waals surface area contributed by atoms with E-state index in [0.29, 0.717) is 18.5 Å². The zero-order chi connectivity index (χ0) is 17.4. The van der Waals surface area contributed by atoms with E-state index >= 15 is 0 Å². The SMILES string of the molecule is CCNC(=NCc1cccc(Cn2ccnc2)c1)NC(C)C(C)C.I. The molecule has 1 aromatic heterocycles. The Bertz CT molecular complexity index is 637. The van der Waals surface area contributed by atoms with Gasteiger partial charge in [0, 0.05) is 31.5 Å². The number of benzene rings is 1. The van der Waals surface area contributed by atoms with Crippen LogP contribution >= 0.6 is 24.0 Å². The topological polar surface area (TPSA) is 54.2 Å². The fourth-order valence-corrected chi connectivity index (χ4v) is 2.29. The lowest BCUT2D eigenvalue weighted by atomic mass is 10.1. The fraction of sp³-hybridized carbons (Fsp3) is 0.474. The van der Waals surface area contributed by atoms with E-state index in [0.717, 1.165) is 19.0 Å². The number of hydrogen-bond acceptors (Lipinski definition) is 2. The van der Waals surface area contributed by atoms with Crippen molar-refractivity contribution in [1.29, 1.82) is 0 Å². The zero-order valence-electron chi connectivity index (χ0n) is 15.6. The molecular formula is C19H30IN5. The van der Waals surface area contributed by atoms with Crippen LogP contribution in [0.3, 0.4) is 0 Å². The summed E-state index contributed by atoms with van der Waals surface area (Å²) in [5.74, 6) is 1.44. The lowest BCUT2D eigenvalue weighted by Crippen LogP contribution is -2.44. The molecule has 2 N–H and O–H groups in total. The number of aliphatic imine (C=N–C) groups is 1. The van der Waals surface area contributed by atoms with Gasteiger partial charge in [0.1, 0.15) is 0 Å². The van der Waals surface area contributed by atoms with Gasteiger partial charge in [-0.05, 0) is 30.9 Å². The normalized spacial score (nSPS) is 12.6. The monoisotopic (exact) mass is 455 g/mol. The van der Waals surface area contributed by atoms with Crippen LogP contribution in [0.1, 0.15) is 38.8 Å². The first-order valence-corrected chi connectivity index (χ1v) is 8.67. The van der Waals surface area contributed by atoms with Gasteiger partial charge in [-0.2, -0.15) is 0 Å². The molecule has 0 radical (unpaired) electrons. The second kappa shape index (κ2) is 11.1. The highest BCUT2D eigenvalue weighted by Crippen LogP contribution is 2.09. The Hall–Kier alpha value is -1.57. The largest absolute Gasteiger partial charge is 0.357 e. The predicted octanol–water partition coefficient (Wildman–Crippen LogP) is 3.65. The van der Waals surface area contributed by atoms with E-state index in [1.165, 1.54) is 11.1 Å². The zero-order valence-corrected chi connectivity index (χ0v) is 17.9. The van der Waals surface area contributed by atoms with Crippen molar-refractivity contribution in [3.8, 4) is 0 Å². The summed E-state index contributed by atoms with van der Waals surface area (Å²) in [4.78, 5) is 8.81. The first kappa shape index (κ1) is 21.5. The Balaban J connectivity index is 0.00000312. The van der Waals surface area contributed by atoms with Crippen molar-refractivity contribution >= 4 is 29.9 Å². The molecule has 0 aliphatic rings. The molecule has 0 aliphatic carbocycles. The average molecular weight is 455 g/mol. The van der Waals surface area contributed by atoms with E-state index in [1.54, 1.807) is 6.20 Å². The molecule has 2 rings (SSSR count). The molecule has 1 aromatic carbocycles. The van der Waals surface area contributed by atoms with Gasteiger partial charge in [0.2, 0.25) is 0 Å². The molecule has 0 saturated carbocycles. The van der Waals surface area contributed by atoms with E-state index < -0.39 is 0 Å². The van der Waals surface area contributed by atoms with Gasteiger partial charge in [-0.15, -0.1) is 24.0 Å². The molecule has 5 nitrogen and oxygen atoms in total. The maximum atomic E-state index is 4.72. The van der Waals surface area contributed by atoms with E-state index in [4.69, 9.17) is 4.99 Å². The molecule has 0 amide bonds. The van der Waals surface area contributed by atoms with Crippen molar-refractivity contribution in [2.45, 2.75) is 46.8 Å². The molecule has 1 unspecified atom stereocenters. The van der Waals surface area contributed by atoms with Crippen molar-refractivity contribution < 1.29 is 0 Å². The minimum Gasteiger partial charge on any atom is -0.357 e. The highest BCUT2D eigenvalue weighted by molar-refractivity contribution is 14.0. The Morgan fingerprint density at radius 2 is 2.00 bits per heavy atom. The fourth-order valence-electron chi connectivity index (χ4n) is 2.29. The van der Waals surface area contributed by atoms with Crippen LogP contribution in [-0.4, -0.2) is 28.1 Å². The minimum absolute atomic E-state index is 0. The summed E-state index contributed by atoms with van der Waals surface area (Å²) in [5.41, 5.74) is 2.47. The Kier molecular flexibility index (Phi) is 9.55. The van der Waals surface area contributed by atoms with E-state index in [9.17, 15) is 0 Å². The molecule has 6 heteroatoms. The standard InChI is InChI=1S/C19H29N5.HI/c1-5-21-19(23-16(4)15(2)3)22-12-17-7-6-8-18(11-17)13-24-10-9-20-14-24;/h6-11,14-16H,5,12-13H2,1-4H3,(H2,21,22,23);1H. The van der Waals surface area contributed by atoms with Gasteiger partial charge in [-0.25, -0.2) is 9.98 Å². The third-order valence-corrected chi connectivity index (χ3v) is 4.04. The first-order valence-electron chi connectivity index (χ1n) is 8.67. The molecule has 0 fully saturated rings. The Labute approximate surface area is 168 Å². The molecule has 2 aromatic rings. The first-order chi connectivity index (χ1) is 11.6. The second-order valence-corrected chi connectivity index (χ2v) is 6.43. The van der Waals surface area contributed by atoms with Crippen LogP contribution in [-0.2, 0) is 13.1 Å². The summed E-state index contributed by atoms with van der Waals surface area (Å²) in [7, 11) is 0. The van der Waals surface area contributed by atoms with Crippen molar-refractivity contribution in [3.05, 3.63) is 54.1 Å². The maximum absolute atomic E-state index is 4.72. The number of aromatic nitrogens is 2. The molecular weight excluding hydrogens is 425 g/mol. The number of guanidine groups is 1. The second-order valence-electron chi connectivity index (χ2n) is 6.43. The van der Waals surface area contributed by atoms with Crippen LogP contribution in [0.2, 0.25) is 0 Å². The number of imidazole rings is 1. The van der Waals surface area contributed by atoms with Gasteiger partial charge in [0.25, 0.3) is 0 Å². The molecule has 1 atom stereocenters. The van der Waals surface area contributed by atoms with Crippen molar-refractivity contribution in [1.82, 2.24) is 20.2 Å². The number of nitrogens with one attached hydrogen (secondary N) is 2. The average Bonchev–Trinajstić information content (AvgIpc) is 3.06. The van der Waals surface area contributed by atoms with E-state index in [2.05, 4.69) is 72.1 Å². The van der Waals surface area contributed by atoms with Gasteiger partial charge in [0.05, 0.1) is 12.9 Å². The van der Waals surface area contributed by atoms with Gasteiger partial charge in [0.15, 0.2) is 5.96 Å². The van der Waals surface area contributed by atoms with E-state index in [1.807, 2.05) is 12.5 Å². The van der Waals surface area contributed by atoms with E-state index in [-0.39, 0.29) is 24.0 Å². The van der Waals surface area contributed by atoms with Crippen LogP contribution in [0.15, 0.2) is 48.0 Å². The summed E-state index contributed by atoms with van der Waals surface area (Å²) in [6.45, 7) is 11.0. The van der Waals surface area contributed by atoms with Crippen molar-refractivity contribution in [2.75, 3.05) is 6.54 Å². The number of halogens is 1. The smallest absolute Gasteiger partial charge is 0.191 e. The number of rotatable bonds is 7. The van der Waals surface area contributed by atoms with Crippen LogP contribution in [0.4, 0.5) is 0 Å². The Morgan fingerprint density at radius 3 is 2.64 bits per heavy atom. The minimum atomic E-state index is 0. The summed E-state index contributed by atoms with van der Waals surface area (Å²) in [5, 5.41) is 6.78. The molecule has 0 aliphatic heterocycles. The van der Waals surface area contributed by atoms with Crippen LogP contribution in [0, 0.1) is 5.92 Å². The molecule has 25 heavy (non-hydrogen) atoms.